The lowest BCUT2D eigenvalue weighted by Gasteiger charge is -2.26. The molecule has 0 radical (unpaired) electrons. The van der Waals surface area contributed by atoms with E-state index in [1.165, 1.54) is 4.90 Å². The Hall–Kier alpha value is -1.06. The summed E-state index contributed by atoms with van der Waals surface area (Å²) in [4.78, 5) is 24.7. The molecule has 0 aromatic rings. The van der Waals surface area contributed by atoms with Crippen molar-refractivity contribution in [2.24, 2.45) is 5.92 Å². The fourth-order valence-electron chi connectivity index (χ4n) is 1.18. The second-order valence-corrected chi connectivity index (χ2v) is 4.44. The number of hydrogen-bond donors (Lipinski definition) is 1. The molecule has 0 aromatic carbocycles. The van der Waals surface area contributed by atoms with Crippen LogP contribution >= 0.6 is 0 Å². The molecule has 88 valence electrons. The van der Waals surface area contributed by atoms with Crippen LogP contribution in [0.25, 0.3) is 0 Å². The second-order valence-electron chi connectivity index (χ2n) is 4.44. The Morgan fingerprint density at radius 1 is 1.07 bits per heavy atom. The van der Waals surface area contributed by atoms with E-state index in [2.05, 4.69) is 5.32 Å². The third-order valence-electron chi connectivity index (χ3n) is 2.23. The first-order chi connectivity index (χ1) is 6.77. The van der Waals surface area contributed by atoms with Gasteiger partial charge in [0.2, 0.25) is 11.8 Å². The maximum atomic E-state index is 11.6. The average molecular weight is 214 g/mol. The molecule has 0 spiro atoms. The zero-order valence-corrected chi connectivity index (χ0v) is 10.5. The van der Waals surface area contributed by atoms with E-state index in [-0.39, 0.29) is 23.8 Å². The van der Waals surface area contributed by atoms with Crippen molar-refractivity contribution >= 4 is 11.8 Å². The third kappa shape index (κ3) is 4.32. The van der Waals surface area contributed by atoms with Gasteiger partial charge in [-0.1, -0.05) is 13.8 Å². The lowest BCUT2D eigenvalue weighted by molar-refractivity contribution is -0.140. The van der Waals surface area contributed by atoms with Gasteiger partial charge in [-0.2, -0.15) is 0 Å². The lowest BCUT2D eigenvalue weighted by atomic mass is 10.1. The van der Waals surface area contributed by atoms with Crippen molar-refractivity contribution in [3.63, 3.8) is 0 Å². The van der Waals surface area contributed by atoms with E-state index in [9.17, 15) is 9.59 Å². The van der Waals surface area contributed by atoms with E-state index in [1.807, 2.05) is 27.7 Å². The van der Waals surface area contributed by atoms with Gasteiger partial charge in [-0.3, -0.25) is 9.59 Å². The fraction of sp³-hybridized carbons (Fsp3) is 0.818. The van der Waals surface area contributed by atoms with Crippen LogP contribution in [0.2, 0.25) is 0 Å². The lowest BCUT2D eigenvalue weighted by Crippen LogP contribution is -2.48. The number of carbonyl (C=O) groups is 2. The normalized spacial score (nSPS) is 12.8. The molecule has 0 bridgehead atoms. The summed E-state index contributed by atoms with van der Waals surface area (Å²) in [5.41, 5.74) is 0. The second kappa shape index (κ2) is 5.73. The number of hydrogen-bond acceptors (Lipinski definition) is 2. The summed E-state index contributed by atoms with van der Waals surface area (Å²) < 4.78 is 0. The SMILES string of the molecule is CC(C)NC(=O)C(C)N(C)C(=O)C(C)C. The highest BCUT2D eigenvalue weighted by molar-refractivity contribution is 5.87. The Morgan fingerprint density at radius 2 is 1.53 bits per heavy atom. The van der Waals surface area contributed by atoms with Crippen LogP contribution in [-0.4, -0.2) is 35.8 Å². The van der Waals surface area contributed by atoms with Crippen LogP contribution in [0, 0.1) is 5.92 Å². The van der Waals surface area contributed by atoms with Crippen LogP contribution in [0.4, 0.5) is 0 Å². The summed E-state index contributed by atoms with van der Waals surface area (Å²) in [6.07, 6.45) is 0. The summed E-state index contributed by atoms with van der Waals surface area (Å²) in [6, 6.07) is -0.315. The number of rotatable bonds is 4. The summed E-state index contributed by atoms with van der Waals surface area (Å²) in [5.74, 6) is -0.202. The van der Waals surface area contributed by atoms with Crippen LogP contribution in [0.1, 0.15) is 34.6 Å². The van der Waals surface area contributed by atoms with Crippen LogP contribution in [0.5, 0.6) is 0 Å². The minimum absolute atomic E-state index is 0.0126. The van der Waals surface area contributed by atoms with Gasteiger partial charge in [0.15, 0.2) is 0 Å². The van der Waals surface area contributed by atoms with Gasteiger partial charge < -0.3 is 10.2 Å². The fourth-order valence-corrected chi connectivity index (χ4v) is 1.18. The predicted molar refractivity (Wildman–Crippen MR) is 60.3 cm³/mol. The highest BCUT2D eigenvalue weighted by Crippen LogP contribution is 2.04. The molecular weight excluding hydrogens is 192 g/mol. The number of nitrogens with one attached hydrogen (secondary N) is 1. The first kappa shape index (κ1) is 13.9. The van der Waals surface area contributed by atoms with E-state index in [0.29, 0.717) is 0 Å². The molecule has 1 unspecified atom stereocenters. The van der Waals surface area contributed by atoms with Crippen LogP contribution in [-0.2, 0) is 9.59 Å². The highest BCUT2D eigenvalue weighted by Gasteiger charge is 2.23. The van der Waals surface area contributed by atoms with Gasteiger partial charge in [-0.25, -0.2) is 0 Å². The Kier molecular flexibility index (Phi) is 5.33. The van der Waals surface area contributed by atoms with E-state index >= 15 is 0 Å². The van der Waals surface area contributed by atoms with Crippen LogP contribution in [0.3, 0.4) is 0 Å². The molecule has 1 N–H and O–H groups in total. The maximum Gasteiger partial charge on any atom is 0.242 e. The number of likely N-dealkylation sites (N-methyl/N-ethyl adjacent to an activating group) is 1. The Labute approximate surface area is 92.0 Å². The van der Waals surface area contributed by atoms with E-state index in [0.717, 1.165) is 0 Å². The molecule has 0 aliphatic carbocycles. The maximum absolute atomic E-state index is 11.6. The first-order valence-corrected chi connectivity index (χ1v) is 5.34. The predicted octanol–water partition coefficient (Wildman–Crippen LogP) is 1.01. The minimum atomic E-state index is -0.415. The minimum Gasteiger partial charge on any atom is -0.352 e. The number of amides is 2. The molecule has 15 heavy (non-hydrogen) atoms. The molecule has 1 atom stereocenters. The standard InChI is InChI=1S/C11H22N2O2/c1-7(2)11(15)13(6)9(5)10(14)12-8(3)4/h7-9H,1-6H3,(H,12,14). The van der Waals surface area contributed by atoms with Gasteiger partial charge in [0.05, 0.1) is 0 Å². The number of nitrogens with zero attached hydrogens (tertiary/aromatic N) is 1. The van der Waals surface area contributed by atoms with Crippen molar-refractivity contribution in [2.75, 3.05) is 7.05 Å². The average Bonchev–Trinajstić information content (AvgIpc) is 2.13. The molecular formula is C11H22N2O2. The molecule has 0 fully saturated rings. The molecule has 2 amide bonds. The third-order valence-corrected chi connectivity index (χ3v) is 2.23. The summed E-state index contributed by atoms with van der Waals surface area (Å²) in [5, 5.41) is 2.78. The van der Waals surface area contributed by atoms with Gasteiger partial charge >= 0.3 is 0 Å². The molecule has 0 rings (SSSR count). The Morgan fingerprint density at radius 3 is 1.87 bits per heavy atom. The van der Waals surface area contributed by atoms with E-state index in [1.54, 1.807) is 14.0 Å². The quantitative estimate of drug-likeness (QED) is 0.759. The van der Waals surface area contributed by atoms with Crippen molar-refractivity contribution in [1.29, 1.82) is 0 Å². The van der Waals surface area contributed by atoms with Crippen molar-refractivity contribution in [2.45, 2.75) is 46.7 Å². The van der Waals surface area contributed by atoms with Gasteiger partial charge in [-0.15, -0.1) is 0 Å². The Bertz CT molecular complexity index is 237. The molecule has 0 heterocycles. The van der Waals surface area contributed by atoms with Crippen molar-refractivity contribution in [3.8, 4) is 0 Å². The van der Waals surface area contributed by atoms with Gasteiger partial charge in [0, 0.05) is 19.0 Å². The monoisotopic (exact) mass is 214 g/mol. The zero-order chi connectivity index (χ0) is 12.2. The topological polar surface area (TPSA) is 49.4 Å². The van der Waals surface area contributed by atoms with Gasteiger partial charge in [0.25, 0.3) is 0 Å². The van der Waals surface area contributed by atoms with E-state index in [4.69, 9.17) is 0 Å². The van der Waals surface area contributed by atoms with Crippen LogP contribution in [0.15, 0.2) is 0 Å². The van der Waals surface area contributed by atoms with Crippen molar-refractivity contribution in [3.05, 3.63) is 0 Å². The summed E-state index contributed by atoms with van der Waals surface area (Å²) in [7, 11) is 1.66. The van der Waals surface area contributed by atoms with Crippen molar-refractivity contribution in [1.82, 2.24) is 10.2 Å². The molecule has 0 saturated heterocycles. The molecule has 0 aromatic heterocycles. The molecule has 0 aliphatic rings. The molecule has 0 saturated carbocycles. The largest absolute Gasteiger partial charge is 0.352 e. The molecule has 4 nitrogen and oxygen atoms in total. The van der Waals surface area contributed by atoms with Gasteiger partial charge in [0.1, 0.15) is 6.04 Å². The van der Waals surface area contributed by atoms with Crippen molar-refractivity contribution < 1.29 is 9.59 Å². The zero-order valence-electron chi connectivity index (χ0n) is 10.5. The smallest absolute Gasteiger partial charge is 0.242 e. The molecule has 0 aliphatic heterocycles. The first-order valence-electron chi connectivity index (χ1n) is 5.34. The van der Waals surface area contributed by atoms with Gasteiger partial charge in [-0.05, 0) is 20.8 Å². The summed E-state index contributed by atoms with van der Waals surface area (Å²) in [6.45, 7) is 9.18. The summed E-state index contributed by atoms with van der Waals surface area (Å²) >= 11 is 0. The molecule has 4 heteroatoms. The van der Waals surface area contributed by atoms with Crippen LogP contribution < -0.4 is 5.32 Å². The Balaban J connectivity index is 4.37. The highest BCUT2D eigenvalue weighted by atomic mass is 16.2. The number of carbonyl (C=O) groups excluding carboxylic acids is 2. The van der Waals surface area contributed by atoms with E-state index < -0.39 is 6.04 Å².